The maximum absolute atomic E-state index is 13.2. The third kappa shape index (κ3) is 8.28. The summed E-state index contributed by atoms with van der Waals surface area (Å²) in [5, 5.41) is 0.921. The molecule has 0 atom stereocenters. The number of rotatable bonds is 16. The molecule has 0 N–H and O–H groups in total. The Hall–Kier alpha value is -1.94. The van der Waals surface area contributed by atoms with Crippen LogP contribution in [0.3, 0.4) is 0 Å². The fraction of sp³-hybridized carbons (Fsp3) is 0.714. The molecule has 214 valence electrons. The van der Waals surface area contributed by atoms with E-state index < -0.39 is 11.6 Å². The first-order valence-corrected chi connectivity index (χ1v) is 14.6. The SMILES string of the molecule is CCn1cc(S)n(C(CC(C)(C)CCC(=O)CCC(=O)CCC(C)(C)CC)n2c(S)cn(CC)c2=O)c1=O. The molecule has 0 saturated heterocycles. The second-order valence-corrected chi connectivity index (χ2v) is 12.7. The van der Waals surface area contributed by atoms with Gasteiger partial charge in [0.1, 0.15) is 17.7 Å². The third-order valence-corrected chi connectivity index (χ3v) is 8.42. The highest BCUT2D eigenvalue weighted by Crippen LogP contribution is 2.35. The van der Waals surface area contributed by atoms with Gasteiger partial charge in [0.05, 0.1) is 10.1 Å². The van der Waals surface area contributed by atoms with E-state index in [-0.39, 0.29) is 41.2 Å². The van der Waals surface area contributed by atoms with Crippen molar-refractivity contribution >= 4 is 36.8 Å². The van der Waals surface area contributed by atoms with E-state index in [0.717, 1.165) is 12.8 Å². The van der Waals surface area contributed by atoms with Crippen LogP contribution in [-0.2, 0) is 22.7 Å². The Morgan fingerprint density at radius 3 is 1.47 bits per heavy atom. The Bertz CT molecular complexity index is 1170. The molecule has 2 rings (SSSR count). The number of nitrogens with zero attached hydrogens (tertiary/aromatic N) is 4. The summed E-state index contributed by atoms with van der Waals surface area (Å²) < 4.78 is 6.19. The number of carbonyl (C=O) groups excluding carboxylic acids is 2. The average molecular weight is 567 g/mol. The van der Waals surface area contributed by atoms with Crippen molar-refractivity contribution in [1.29, 1.82) is 0 Å². The van der Waals surface area contributed by atoms with E-state index in [1.807, 2.05) is 27.7 Å². The molecule has 0 aliphatic carbocycles. The monoisotopic (exact) mass is 566 g/mol. The number of imidazole rings is 2. The van der Waals surface area contributed by atoms with Crippen LogP contribution in [0.15, 0.2) is 32.0 Å². The summed E-state index contributed by atoms with van der Waals surface area (Å²) in [4.78, 5) is 51.4. The average Bonchev–Trinajstić information content (AvgIpc) is 3.31. The van der Waals surface area contributed by atoms with Crippen molar-refractivity contribution in [3.8, 4) is 0 Å². The van der Waals surface area contributed by atoms with Gasteiger partial charge in [-0.15, -0.1) is 25.3 Å². The van der Waals surface area contributed by atoms with Gasteiger partial charge < -0.3 is 0 Å². The summed E-state index contributed by atoms with van der Waals surface area (Å²) in [5.74, 6) is 0.201. The minimum Gasteiger partial charge on any atom is -0.300 e. The summed E-state index contributed by atoms with van der Waals surface area (Å²) in [6.07, 6.45) is 6.93. The van der Waals surface area contributed by atoms with Crippen molar-refractivity contribution in [3.05, 3.63) is 33.4 Å². The normalized spacial score (nSPS) is 12.5. The molecular formula is C28H46N4O4S2. The van der Waals surface area contributed by atoms with Crippen LogP contribution in [-0.4, -0.2) is 29.8 Å². The Labute approximate surface area is 237 Å². The minimum atomic E-state index is -0.649. The van der Waals surface area contributed by atoms with Crippen molar-refractivity contribution in [3.63, 3.8) is 0 Å². The number of aryl methyl sites for hydroxylation is 2. The highest BCUT2D eigenvalue weighted by Gasteiger charge is 2.31. The third-order valence-electron chi connectivity index (χ3n) is 7.75. The number of Topliss-reactive ketones (excluding diaryl/α,β-unsaturated/α-hetero) is 2. The molecule has 0 aliphatic rings. The van der Waals surface area contributed by atoms with Crippen LogP contribution >= 0.6 is 25.3 Å². The largest absolute Gasteiger partial charge is 0.330 e. The molecule has 2 heterocycles. The van der Waals surface area contributed by atoms with Gasteiger partial charge >= 0.3 is 11.4 Å². The summed E-state index contributed by atoms with van der Waals surface area (Å²) in [6, 6.07) is 0. The predicted molar refractivity (Wildman–Crippen MR) is 158 cm³/mol. The zero-order valence-corrected chi connectivity index (χ0v) is 25.9. The molecule has 0 amide bonds. The second-order valence-electron chi connectivity index (χ2n) is 11.8. The minimum absolute atomic E-state index is 0.0612. The van der Waals surface area contributed by atoms with Gasteiger partial charge in [0, 0.05) is 51.2 Å². The van der Waals surface area contributed by atoms with Crippen LogP contribution in [0.25, 0.3) is 0 Å². The van der Waals surface area contributed by atoms with E-state index in [0.29, 0.717) is 48.8 Å². The Balaban J connectivity index is 2.18. The van der Waals surface area contributed by atoms with Gasteiger partial charge in [0.15, 0.2) is 0 Å². The molecule has 0 aromatic carbocycles. The number of hydrogen-bond donors (Lipinski definition) is 2. The summed E-state index contributed by atoms with van der Waals surface area (Å²) >= 11 is 9.12. The lowest BCUT2D eigenvalue weighted by Gasteiger charge is -2.31. The smallest absolute Gasteiger partial charge is 0.300 e. The molecule has 0 fully saturated rings. The molecule has 0 bridgehead atoms. The maximum atomic E-state index is 13.2. The Kier molecular flexibility index (Phi) is 11.4. The van der Waals surface area contributed by atoms with E-state index >= 15 is 0 Å². The van der Waals surface area contributed by atoms with Gasteiger partial charge in [0.25, 0.3) is 0 Å². The Morgan fingerprint density at radius 1 is 0.737 bits per heavy atom. The molecule has 38 heavy (non-hydrogen) atoms. The quantitative estimate of drug-likeness (QED) is 0.259. The van der Waals surface area contributed by atoms with Gasteiger partial charge in [-0.1, -0.05) is 41.0 Å². The highest BCUT2D eigenvalue weighted by atomic mass is 32.1. The lowest BCUT2D eigenvalue weighted by atomic mass is 9.81. The molecule has 2 aromatic heterocycles. The van der Waals surface area contributed by atoms with Crippen molar-refractivity contribution in [2.24, 2.45) is 10.8 Å². The van der Waals surface area contributed by atoms with Crippen LogP contribution in [0.5, 0.6) is 0 Å². The molecule has 10 heteroatoms. The van der Waals surface area contributed by atoms with Crippen LogP contribution < -0.4 is 11.4 Å². The van der Waals surface area contributed by atoms with E-state index in [2.05, 4.69) is 46.0 Å². The molecule has 0 saturated carbocycles. The molecule has 2 aromatic rings. The molecular weight excluding hydrogens is 520 g/mol. The van der Waals surface area contributed by atoms with Crippen LogP contribution in [0.2, 0.25) is 0 Å². The lowest BCUT2D eigenvalue weighted by Crippen LogP contribution is -2.39. The van der Waals surface area contributed by atoms with Crippen molar-refractivity contribution in [1.82, 2.24) is 18.3 Å². The number of aromatic nitrogens is 4. The van der Waals surface area contributed by atoms with E-state index in [9.17, 15) is 19.2 Å². The van der Waals surface area contributed by atoms with Gasteiger partial charge in [0.2, 0.25) is 0 Å². The maximum Gasteiger partial charge on any atom is 0.330 e. The van der Waals surface area contributed by atoms with E-state index in [1.165, 1.54) is 9.13 Å². The van der Waals surface area contributed by atoms with Gasteiger partial charge in [-0.05, 0) is 43.9 Å². The van der Waals surface area contributed by atoms with Crippen LogP contribution in [0.4, 0.5) is 0 Å². The lowest BCUT2D eigenvalue weighted by molar-refractivity contribution is -0.124. The van der Waals surface area contributed by atoms with Crippen molar-refractivity contribution in [2.45, 2.75) is 129 Å². The topological polar surface area (TPSA) is 88.0 Å². The first-order chi connectivity index (χ1) is 17.7. The first kappa shape index (κ1) is 32.3. The predicted octanol–water partition coefficient (Wildman–Crippen LogP) is 5.61. The zero-order valence-electron chi connectivity index (χ0n) is 24.1. The molecule has 0 radical (unpaired) electrons. The first-order valence-electron chi connectivity index (χ1n) is 13.7. The van der Waals surface area contributed by atoms with Crippen molar-refractivity contribution in [2.75, 3.05) is 0 Å². The summed E-state index contributed by atoms with van der Waals surface area (Å²) in [7, 11) is 0. The van der Waals surface area contributed by atoms with Crippen molar-refractivity contribution < 1.29 is 9.59 Å². The molecule has 0 unspecified atom stereocenters. The fourth-order valence-corrected chi connectivity index (χ4v) is 5.27. The standard InChI is InChI=1S/C28H46N4O4S2/c1-8-27(4,5)15-13-20(33)11-12-21(34)14-16-28(6,7)17-22(31-23(37)18-29(9-2)25(31)35)32-24(38)19-30(10-3)26(32)36/h18-19,22,37-38H,8-17H2,1-7H3. The summed E-state index contributed by atoms with van der Waals surface area (Å²) in [6.45, 7) is 15.2. The van der Waals surface area contributed by atoms with Crippen LogP contribution in [0.1, 0.15) is 106 Å². The molecule has 0 spiro atoms. The van der Waals surface area contributed by atoms with E-state index in [4.69, 9.17) is 0 Å². The Morgan fingerprint density at radius 2 is 1.13 bits per heavy atom. The second kappa shape index (κ2) is 13.4. The van der Waals surface area contributed by atoms with Crippen LogP contribution in [0, 0.1) is 10.8 Å². The molecule has 8 nitrogen and oxygen atoms in total. The van der Waals surface area contributed by atoms with E-state index in [1.54, 1.807) is 21.5 Å². The van der Waals surface area contributed by atoms with Gasteiger partial charge in [-0.3, -0.25) is 27.9 Å². The number of thiol groups is 2. The summed E-state index contributed by atoms with van der Waals surface area (Å²) in [5.41, 5.74) is -0.747. The number of ketones is 2. The van der Waals surface area contributed by atoms with Gasteiger partial charge in [-0.25, -0.2) is 9.59 Å². The number of carbonyl (C=O) groups is 2. The fourth-order valence-electron chi connectivity index (χ4n) is 4.56. The van der Waals surface area contributed by atoms with Gasteiger partial charge in [-0.2, -0.15) is 0 Å². The zero-order chi connectivity index (χ0) is 28.8. The number of hydrogen-bond acceptors (Lipinski definition) is 6. The molecule has 0 aliphatic heterocycles. The highest BCUT2D eigenvalue weighted by molar-refractivity contribution is 7.80.